The number of H-pyrrole nitrogens is 1. The molecule has 0 aromatic carbocycles. The number of fused-ring (bicyclic) bond motifs is 1. The van der Waals surface area contributed by atoms with Gasteiger partial charge in [-0.2, -0.15) is 0 Å². The normalized spacial score (nSPS) is 12.8. The van der Waals surface area contributed by atoms with E-state index < -0.39 is 6.10 Å². The first-order valence-corrected chi connectivity index (χ1v) is 9.27. The highest BCUT2D eigenvalue weighted by atomic mass is 32.1. The summed E-state index contributed by atoms with van der Waals surface area (Å²) in [5, 5.41) is 10.9. The number of aromatic amines is 1. The number of ether oxygens (including phenoxy) is 1. The fourth-order valence-electron chi connectivity index (χ4n) is 2.74. The number of aryl methyl sites for hydroxylation is 2. The first-order valence-electron chi connectivity index (χ1n) is 8.45. The summed E-state index contributed by atoms with van der Waals surface area (Å²) >= 11 is 1.54. The van der Waals surface area contributed by atoms with Gasteiger partial charge in [-0.25, -0.2) is 4.98 Å². The van der Waals surface area contributed by atoms with Crippen LogP contribution in [-0.4, -0.2) is 52.9 Å². The molecule has 0 saturated heterocycles. The number of aromatic nitrogens is 2. The van der Waals surface area contributed by atoms with Gasteiger partial charge in [0.15, 0.2) is 0 Å². The van der Waals surface area contributed by atoms with Crippen LogP contribution in [0.1, 0.15) is 29.1 Å². The summed E-state index contributed by atoms with van der Waals surface area (Å²) in [6.07, 6.45) is 2.79. The van der Waals surface area contributed by atoms with Gasteiger partial charge in [-0.15, -0.1) is 17.9 Å². The third-order valence-corrected chi connectivity index (χ3v) is 5.35. The second-order valence-corrected chi connectivity index (χ2v) is 7.43. The lowest BCUT2D eigenvalue weighted by atomic mass is 10.2. The van der Waals surface area contributed by atoms with Gasteiger partial charge in [-0.05, 0) is 32.3 Å². The third kappa shape index (κ3) is 5.22. The molecule has 2 heterocycles. The summed E-state index contributed by atoms with van der Waals surface area (Å²) in [6, 6.07) is 0. The van der Waals surface area contributed by atoms with Gasteiger partial charge in [0.1, 0.15) is 10.7 Å². The Morgan fingerprint density at radius 3 is 2.92 bits per heavy atom. The van der Waals surface area contributed by atoms with E-state index in [1.807, 2.05) is 13.8 Å². The molecule has 0 aliphatic carbocycles. The zero-order valence-corrected chi connectivity index (χ0v) is 16.0. The first kappa shape index (κ1) is 19.8. The Morgan fingerprint density at radius 1 is 1.48 bits per heavy atom. The van der Waals surface area contributed by atoms with E-state index in [1.165, 1.54) is 0 Å². The van der Waals surface area contributed by atoms with Crippen molar-refractivity contribution in [2.75, 3.05) is 26.8 Å². The molecule has 0 saturated carbocycles. The van der Waals surface area contributed by atoms with E-state index in [0.29, 0.717) is 43.9 Å². The van der Waals surface area contributed by atoms with Crippen molar-refractivity contribution >= 4 is 21.6 Å². The minimum absolute atomic E-state index is 0.0965. The van der Waals surface area contributed by atoms with Crippen LogP contribution in [0.2, 0.25) is 0 Å². The number of methoxy groups -OCH3 is 1. The van der Waals surface area contributed by atoms with Crippen LogP contribution in [0.25, 0.3) is 10.2 Å². The van der Waals surface area contributed by atoms with E-state index in [2.05, 4.69) is 21.4 Å². The van der Waals surface area contributed by atoms with E-state index in [0.717, 1.165) is 21.7 Å². The van der Waals surface area contributed by atoms with Crippen molar-refractivity contribution in [2.24, 2.45) is 0 Å². The van der Waals surface area contributed by atoms with Gasteiger partial charge in [-0.1, -0.05) is 6.08 Å². The average molecular weight is 365 g/mol. The number of allylic oxidation sites excluding steroid dienone is 1. The molecule has 2 rings (SSSR count). The summed E-state index contributed by atoms with van der Waals surface area (Å²) in [5.74, 6) is 0.616. The zero-order valence-electron chi connectivity index (χ0n) is 15.2. The van der Waals surface area contributed by atoms with Gasteiger partial charge >= 0.3 is 0 Å². The molecule has 7 heteroatoms. The maximum atomic E-state index is 12.4. The maximum Gasteiger partial charge on any atom is 0.259 e. The fourth-order valence-corrected chi connectivity index (χ4v) is 3.79. The quantitative estimate of drug-likeness (QED) is 0.632. The maximum absolute atomic E-state index is 12.4. The predicted octanol–water partition coefficient (Wildman–Crippen LogP) is 2.38. The number of nitrogens with zero attached hydrogens (tertiary/aromatic N) is 2. The van der Waals surface area contributed by atoms with Crippen molar-refractivity contribution in [1.29, 1.82) is 0 Å². The van der Waals surface area contributed by atoms with Crippen molar-refractivity contribution in [2.45, 2.75) is 39.3 Å². The number of aliphatic hydroxyl groups is 1. The minimum Gasteiger partial charge on any atom is -0.392 e. The van der Waals surface area contributed by atoms with Crippen LogP contribution in [0.5, 0.6) is 0 Å². The van der Waals surface area contributed by atoms with E-state index in [1.54, 1.807) is 24.5 Å². The largest absolute Gasteiger partial charge is 0.392 e. The van der Waals surface area contributed by atoms with Crippen LogP contribution in [0.4, 0.5) is 0 Å². The molecule has 2 aromatic heterocycles. The Bertz CT molecular complexity index is 769. The molecule has 1 atom stereocenters. The van der Waals surface area contributed by atoms with Crippen LogP contribution >= 0.6 is 11.3 Å². The Balaban J connectivity index is 2.18. The number of hydrogen-bond donors (Lipinski definition) is 2. The van der Waals surface area contributed by atoms with E-state index in [-0.39, 0.29) is 5.56 Å². The SMILES string of the molecule is C=CCCC(O)CN(CCOC)Cc1nc2sc(C)c(C)c2c(=O)[nH]1. The third-order valence-electron chi connectivity index (χ3n) is 4.25. The Labute approximate surface area is 152 Å². The van der Waals surface area contributed by atoms with Crippen molar-refractivity contribution in [3.05, 3.63) is 39.3 Å². The summed E-state index contributed by atoms with van der Waals surface area (Å²) in [4.78, 5) is 23.8. The highest BCUT2D eigenvalue weighted by molar-refractivity contribution is 7.18. The van der Waals surface area contributed by atoms with Gasteiger partial charge in [0.2, 0.25) is 0 Å². The lowest BCUT2D eigenvalue weighted by Gasteiger charge is -2.24. The Hall–Kier alpha value is -1.54. The van der Waals surface area contributed by atoms with Gasteiger partial charge in [0.25, 0.3) is 5.56 Å². The van der Waals surface area contributed by atoms with E-state index >= 15 is 0 Å². The monoisotopic (exact) mass is 365 g/mol. The lowest BCUT2D eigenvalue weighted by Crippen LogP contribution is -2.35. The summed E-state index contributed by atoms with van der Waals surface area (Å²) < 4.78 is 5.16. The standard InChI is InChI=1S/C18H27N3O3S/c1-5-6-7-14(22)10-21(8-9-24-4)11-15-19-17(23)16-12(2)13(3)25-18(16)20-15/h5,14,22H,1,6-11H2,2-4H3,(H,19,20,23). The van der Waals surface area contributed by atoms with Crippen LogP contribution in [0.15, 0.2) is 17.4 Å². The van der Waals surface area contributed by atoms with Crippen LogP contribution < -0.4 is 5.56 Å². The molecular weight excluding hydrogens is 338 g/mol. The molecule has 25 heavy (non-hydrogen) atoms. The smallest absolute Gasteiger partial charge is 0.259 e. The van der Waals surface area contributed by atoms with Gasteiger partial charge < -0.3 is 14.8 Å². The number of thiophene rings is 1. The fraction of sp³-hybridized carbons (Fsp3) is 0.556. The molecule has 0 aliphatic heterocycles. The molecule has 2 aromatic rings. The average Bonchev–Trinajstić information content (AvgIpc) is 2.85. The second-order valence-electron chi connectivity index (χ2n) is 6.22. The molecule has 0 spiro atoms. The Kier molecular flexibility index (Phi) is 7.31. The summed E-state index contributed by atoms with van der Waals surface area (Å²) in [7, 11) is 1.65. The topological polar surface area (TPSA) is 78.5 Å². The molecule has 0 amide bonds. The van der Waals surface area contributed by atoms with Crippen molar-refractivity contribution in [3.63, 3.8) is 0 Å². The van der Waals surface area contributed by atoms with E-state index in [9.17, 15) is 9.90 Å². The van der Waals surface area contributed by atoms with Crippen molar-refractivity contribution in [1.82, 2.24) is 14.9 Å². The molecule has 0 radical (unpaired) electrons. The predicted molar refractivity (Wildman–Crippen MR) is 102 cm³/mol. The van der Waals surface area contributed by atoms with Crippen molar-refractivity contribution < 1.29 is 9.84 Å². The molecule has 0 fully saturated rings. The summed E-state index contributed by atoms with van der Waals surface area (Å²) in [5.41, 5.74) is 0.900. The molecule has 1 unspecified atom stereocenters. The molecule has 138 valence electrons. The molecular formula is C18H27N3O3S. The summed E-state index contributed by atoms with van der Waals surface area (Å²) in [6.45, 7) is 9.82. The van der Waals surface area contributed by atoms with Gasteiger partial charge in [0, 0.05) is 25.1 Å². The second kappa shape index (κ2) is 9.24. The van der Waals surface area contributed by atoms with Gasteiger partial charge in [0.05, 0.1) is 24.6 Å². The lowest BCUT2D eigenvalue weighted by molar-refractivity contribution is 0.0796. The number of nitrogens with one attached hydrogen (secondary N) is 1. The number of aliphatic hydroxyl groups excluding tert-OH is 1. The van der Waals surface area contributed by atoms with Crippen LogP contribution in [-0.2, 0) is 11.3 Å². The minimum atomic E-state index is -0.448. The first-order chi connectivity index (χ1) is 12.0. The van der Waals surface area contributed by atoms with Gasteiger partial charge in [-0.3, -0.25) is 9.69 Å². The van der Waals surface area contributed by atoms with Crippen LogP contribution in [0.3, 0.4) is 0 Å². The number of rotatable bonds is 10. The Morgan fingerprint density at radius 2 is 2.24 bits per heavy atom. The molecule has 0 bridgehead atoms. The molecule has 0 aliphatic rings. The van der Waals surface area contributed by atoms with Crippen molar-refractivity contribution in [3.8, 4) is 0 Å². The number of hydrogen-bond acceptors (Lipinski definition) is 6. The molecule has 6 nitrogen and oxygen atoms in total. The van der Waals surface area contributed by atoms with E-state index in [4.69, 9.17) is 4.74 Å². The van der Waals surface area contributed by atoms with Crippen LogP contribution in [0, 0.1) is 13.8 Å². The highest BCUT2D eigenvalue weighted by Crippen LogP contribution is 2.25. The zero-order chi connectivity index (χ0) is 18.4. The molecule has 2 N–H and O–H groups in total. The highest BCUT2D eigenvalue weighted by Gasteiger charge is 2.16.